The molecule has 27 heavy (non-hydrogen) atoms. The third-order valence-electron chi connectivity index (χ3n) is 4.46. The molecule has 0 unspecified atom stereocenters. The van der Waals surface area contributed by atoms with Crippen LogP contribution in [0.1, 0.15) is 30.7 Å². The fourth-order valence-corrected chi connectivity index (χ4v) is 3.05. The molecule has 144 valence electrons. The van der Waals surface area contributed by atoms with Crippen molar-refractivity contribution >= 4 is 11.9 Å². The van der Waals surface area contributed by atoms with E-state index in [1.54, 1.807) is 7.11 Å². The van der Waals surface area contributed by atoms with Gasteiger partial charge in [0.15, 0.2) is 5.82 Å². The van der Waals surface area contributed by atoms with Crippen LogP contribution >= 0.6 is 0 Å². The second kappa shape index (κ2) is 9.16. The number of carbonyl (C=O) groups excluding carboxylic acids is 1. The van der Waals surface area contributed by atoms with E-state index in [0.29, 0.717) is 17.5 Å². The minimum atomic E-state index is -0.126. The minimum absolute atomic E-state index is 0.126. The van der Waals surface area contributed by atoms with Gasteiger partial charge in [0.1, 0.15) is 5.75 Å². The predicted molar refractivity (Wildman–Crippen MR) is 101 cm³/mol. The van der Waals surface area contributed by atoms with E-state index < -0.39 is 0 Å². The number of aromatic nitrogens is 3. The molecule has 8 nitrogen and oxygen atoms in total. The van der Waals surface area contributed by atoms with Crippen molar-refractivity contribution < 1.29 is 14.3 Å². The number of amides is 1. The Morgan fingerprint density at radius 1 is 1.07 bits per heavy atom. The van der Waals surface area contributed by atoms with E-state index in [1.165, 1.54) is 13.5 Å². The van der Waals surface area contributed by atoms with Gasteiger partial charge in [-0.3, -0.25) is 4.79 Å². The maximum absolute atomic E-state index is 12.3. The number of hydrogen-bond acceptors (Lipinski definition) is 7. The summed E-state index contributed by atoms with van der Waals surface area (Å²) in [5.41, 5.74) is 0.833. The Morgan fingerprint density at radius 3 is 2.59 bits per heavy atom. The van der Waals surface area contributed by atoms with Crippen LogP contribution in [0.25, 0.3) is 0 Å². The fourth-order valence-electron chi connectivity index (χ4n) is 3.05. The summed E-state index contributed by atoms with van der Waals surface area (Å²) in [6, 6.07) is 7.73. The smallest absolute Gasteiger partial charge is 0.321 e. The second-order valence-electron chi connectivity index (χ2n) is 6.35. The molecule has 0 spiro atoms. The Kier molecular flexibility index (Phi) is 6.40. The van der Waals surface area contributed by atoms with Gasteiger partial charge in [-0.2, -0.15) is 15.0 Å². The summed E-state index contributed by atoms with van der Waals surface area (Å²) < 4.78 is 10.5. The maximum atomic E-state index is 12.3. The van der Waals surface area contributed by atoms with Crippen LogP contribution in [0, 0.1) is 0 Å². The van der Waals surface area contributed by atoms with Gasteiger partial charge < -0.3 is 19.7 Å². The van der Waals surface area contributed by atoms with Crippen LogP contribution in [0.4, 0.5) is 5.95 Å². The minimum Gasteiger partial charge on any atom is -0.496 e. The van der Waals surface area contributed by atoms with Crippen molar-refractivity contribution in [3.63, 3.8) is 0 Å². The molecule has 1 N–H and O–H groups in total. The van der Waals surface area contributed by atoms with Gasteiger partial charge in [-0.1, -0.05) is 18.2 Å². The molecule has 0 aliphatic carbocycles. The van der Waals surface area contributed by atoms with E-state index in [-0.39, 0.29) is 24.9 Å². The number of anilines is 1. The molecule has 8 heteroatoms. The molecule has 1 saturated heterocycles. The first-order chi connectivity index (χ1) is 13.2. The normalized spacial score (nSPS) is 13.9. The number of carbonyl (C=O) groups is 1. The standard InChI is InChI=1S/C19H25N5O3/c1-26-15-9-5-4-8-14(15)12-17(25)20-13-16-21-18(23-19(22-16)27-2)24-10-6-3-7-11-24/h4-5,8-9H,3,6-7,10-13H2,1-2H3,(H,20,25). The molecule has 2 aromatic rings. The molecule has 0 radical (unpaired) electrons. The lowest BCUT2D eigenvalue weighted by molar-refractivity contribution is -0.120. The molecule has 1 amide bonds. The lowest BCUT2D eigenvalue weighted by Crippen LogP contribution is -2.32. The number of benzene rings is 1. The lowest BCUT2D eigenvalue weighted by atomic mass is 10.1. The van der Waals surface area contributed by atoms with Crippen LogP contribution in [-0.2, 0) is 17.8 Å². The number of piperidine rings is 1. The Morgan fingerprint density at radius 2 is 1.85 bits per heavy atom. The van der Waals surface area contributed by atoms with Gasteiger partial charge in [-0.25, -0.2) is 0 Å². The second-order valence-corrected chi connectivity index (χ2v) is 6.35. The summed E-state index contributed by atoms with van der Waals surface area (Å²) in [6.45, 7) is 2.06. The van der Waals surface area contributed by atoms with E-state index >= 15 is 0 Å². The van der Waals surface area contributed by atoms with Crippen LogP contribution < -0.4 is 19.7 Å². The lowest BCUT2D eigenvalue weighted by Gasteiger charge is -2.26. The van der Waals surface area contributed by atoms with Crippen LogP contribution in [0.15, 0.2) is 24.3 Å². The van der Waals surface area contributed by atoms with Gasteiger partial charge in [0.2, 0.25) is 11.9 Å². The summed E-state index contributed by atoms with van der Waals surface area (Å²) in [5, 5.41) is 2.86. The molecule has 0 bridgehead atoms. The Balaban J connectivity index is 1.65. The summed E-state index contributed by atoms with van der Waals surface area (Å²) in [5.74, 6) is 1.66. The van der Waals surface area contributed by atoms with Crippen LogP contribution in [-0.4, -0.2) is 48.2 Å². The zero-order valence-corrected chi connectivity index (χ0v) is 15.8. The van der Waals surface area contributed by atoms with Gasteiger partial charge >= 0.3 is 6.01 Å². The molecular weight excluding hydrogens is 346 g/mol. The fraction of sp³-hybridized carbons (Fsp3) is 0.474. The van der Waals surface area contributed by atoms with Gasteiger partial charge in [0.25, 0.3) is 0 Å². The largest absolute Gasteiger partial charge is 0.496 e. The average Bonchev–Trinajstić information content (AvgIpc) is 2.73. The first-order valence-corrected chi connectivity index (χ1v) is 9.12. The number of hydrogen-bond donors (Lipinski definition) is 1. The average molecular weight is 371 g/mol. The van der Waals surface area contributed by atoms with Crippen LogP contribution in [0.5, 0.6) is 11.8 Å². The molecule has 1 fully saturated rings. The Bertz CT molecular complexity index is 778. The molecule has 0 saturated carbocycles. The van der Waals surface area contributed by atoms with Crippen LogP contribution in [0.2, 0.25) is 0 Å². The molecule has 3 rings (SSSR count). The predicted octanol–water partition coefficient (Wildman–Crippen LogP) is 1.74. The Labute approximate surface area is 158 Å². The van der Waals surface area contributed by atoms with Gasteiger partial charge in [0, 0.05) is 18.7 Å². The zero-order valence-electron chi connectivity index (χ0n) is 15.8. The number of methoxy groups -OCH3 is 2. The molecule has 0 atom stereocenters. The number of para-hydroxylation sites is 1. The van der Waals surface area contributed by atoms with E-state index in [2.05, 4.69) is 25.2 Å². The van der Waals surface area contributed by atoms with Crippen molar-refractivity contribution in [2.45, 2.75) is 32.2 Å². The number of nitrogens with one attached hydrogen (secondary N) is 1. The van der Waals surface area contributed by atoms with Crippen molar-refractivity contribution in [1.29, 1.82) is 0 Å². The van der Waals surface area contributed by atoms with Crippen molar-refractivity contribution in [2.75, 3.05) is 32.2 Å². The number of ether oxygens (including phenoxy) is 2. The summed E-state index contributed by atoms with van der Waals surface area (Å²) >= 11 is 0. The SMILES string of the molecule is COc1nc(CNC(=O)Cc2ccccc2OC)nc(N2CCCCC2)n1. The molecule has 1 aromatic carbocycles. The third-order valence-corrected chi connectivity index (χ3v) is 4.46. The Hall–Kier alpha value is -2.90. The topological polar surface area (TPSA) is 89.5 Å². The van der Waals surface area contributed by atoms with E-state index in [4.69, 9.17) is 9.47 Å². The highest BCUT2D eigenvalue weighted by Crippen LogP contribution is 2.19. The monoisotopic (exact) mass is 371 g/mol. The summed E-state index contributed by atoms with van der Waals surface area (Å²) in [7, 11) is 3.12. The molecule has 1 aromatic heterocycles. The van der Waals surface area contributed by atoms with Crippen molar-refractivity contribution in [2.24, 2.45) is 0 Å². The number of nitrogens with zero attached hydrogens (tertiary/aromatic N) is 4. The summed E-state index contributed by atoms with van der Waals surface area (Å²) in [4.78, 5) is 27.5. The zero-order chi connectivity index (χ0) is 19.1. The van der Waals surface area contributed by atoms with Gasteiger partial charge in [-0.15, -0.1) is 0 Å². The highest BCUT2D eigenvalue weighted by Gasteiger charge is 2.17. The summed E-state index contributed by atoms with van der Waals surface area (Å²) in [6.07, 6.45) is 3.70. The van der Waals surface area contributed by atoms with Gasteiger partial charge in [0.05, 0.1) is 27.2 Å². The molecule has 1 aliphatic heterocycles. The maximum Gasteiger partial charge on any atom is 0.321 e. The highest BCUT2D eigenvalue weighted by atomic mass is 16.5. The molecule has 1 aliphatic rings. The van der Waals surface area contributed by atoms with E-state index in [9.17, 15) is 4.79 Å². The third kappa shape index (κ3) is 5.06. The van der Waals surface area contributed by atoms with Crippen LogP contribution in [0.3, 0.4) is 0 Å². The van der Waals surface area contributed by atoms with Crippen molar-refractivity contribution in [1.82, 2.24) is 20.3 Å². The number of rotatable bonds is 7. The molecule has 2 heterocycles. The molecular formula is C19H25N5O3. The van der Waals surface area contributed by atoms with E-state index in [0.717, 1.165) is 31.5 Å². The first-order valence-electron chi connectivity index (χ1n) is 9.12. The highest BCUT2D eigenvalue weighted by molar-refractivity contribution is 5.79. The van der Waals surface area contributed by atoms with Crippen molar-refractivity contribution in [3.8, 4) is 11.8 Å². The van der Waals surface area contributed by atoms with Crippen molar-refractivity contribution in [3.05, 3.63) is 35.7 Å². The van der Waals surface area contributed by atoms with E-state index in [1.807, 2.05) is 24.3 Å². The van der Waals surface area contributed by atoms with Gasteiger partial charge in [-0.05, 0) is 25.3 Å². The first kappa shape index (κ1) is 18.9. The quantitative estimate of drug-likeness (QED) is 0.793.